The van der Waals surface area contributed by atoms with Crippen molar-refractivity contribution in [3.05, 3.63) is 42.4 Å². The first-order valence-electron chi connectivity index (χ1n) is 6.50. The Hall–Kier alpha value is -2.04. The lowest BCUT2D eigenvalue weighted by Crippen LogP contribution is -2.32. The van der Waals surface area contributed by atoms with Crippen LogP contribution >= 0.6 is 0 Å². The molecule has 0 bridgehead atoms. The molecule has 2 heterocycles. The zero-order valence-corrected chi connectivity index (χ0v) is 11.4. The molecule has 0 aromatic carbocycles. The predicted molar refractivity (Wildman–Crippen MR) is 71.6 cm³/mol. The van der Waals surface area contributed by atoms with Crippen molar-refractivity contribution >= 4 is 5.91 Å². The summed E-state index contributed by atoms with van der Waals surface area (Å²) in [4.78, 5) is 18.3. The van der Waals surface area contributed by atoms with Gasteiger partial charge in [-0.05, 0) is 18.6 Å². The molecule has 0 unspecified atom stereocenters. The van der Waals surface area contributed by atoms with Crippen molar-refractivity contribution in [2.75, 3.05) is 6.54 Å². The van der Waals surface area contributed by atoms with E-state index in [1.807, 2.05) is 19.2 Å². The molecule has 5 nitrogen and oxygen atoms in total. The topological polar surface area (TPSA) is 51.3 Å². The maximum Gasteiger partial charge on any atom is 0.272 e. The van der Waals surface area contributed by atoms with Gasteiger partial charge in [0.05, 0.1) is 25.3 Å². The highest BCUT2D eigenvalue weighted by Crippen LogP contribution is 2.11. The van der Waals surface area contributed by atoms with Crippen molar-refractivity contribution in [3.8, 4) is 0 Å². The Labute approximate surface area is 112 Å². The molecule has 102 valence electrons. The Morgan fingerprint density at radius 2 is 2.37 bits per heavy atom. The molecule has 0 atom stereocenters. The number of carbonyl (C=O) groups is 1. The van der Waals surface area contributed by atoms with Gasteiger partial charge in [0.1, 0.15) is 11.5 Å². The number of imidazole rings is 1. The summed E-state index contributed by atoms with van der Waals surface area (Å²) < 4.78 is 7.06. The van der Waals surface area contributed by atoms with E-state index in [2.05, 4.69) is 11.9 Å². The second-order valence-corrected chi connectivity index (χ2v) is 4.55. The number of nitrogens with zero attached hydrogens (tertiary/aromatic N) is 3. The molecule has 1 amide bonds. The second kappa shape index (κ2) is 6.22. The lowest BCUT2D eigenvalue weighted by Gasteiger charge is -2.21. The second-order valence-electron chi connectivity index (χ2n) is 4.55. The molecule has 0 saturated heterocycles. The quantitative estimate of drug-likeness (QED) is 0.802. The van der Waals surface area contributed by atoms with Gasteiger partial charge >= 0.3 is 0 Å². The van der Waals surface area contributed by atoms with Crippen LogP contribution < -0.4 is 0 Å². The zero-order chi connectivity index (χ0) is 13.7. The van der Waals surface area contributed by atoms with Crippen molar-refractivity contribution in [2.45, 2.75) is 26.3 Å². The third kappa shape index (κ3) is 3.24. The smallest absolute Gasteiger partial charge is 0.272 e. The highest BCUT2D eigenvalue weighted by atomic mass is 16.3. The van der Waals surface area contributed by atoms with E-state index in [9.17, 15) is 4.79 Å². The minimum absolute atomic E-state index is 0.00940. The molecule has 0 radical (unpaired) electrons. The molecule has 2 aromatic heterocycles. The van der Waals surface area contributed by atoms with Crippen LogP contribution in [0.3, 0.4) is 0 Å². The van der Waals surface area contributed by atoms with Crippen molar-refractivity contribution in [1.29, 1.82) is 0 Å². The lowest BCUT2D eigenvalue weighted by molar-refractivity contribution is 0.0719. The SMILES string of the molecule is CCCCN(Cc1ccco1)C(=O)c1cncn1C. The molecule has 0 aliphatic carbocycles. The highest BCUT2D eigenvalue weighted by molar-refractivity contribution is 5.92. The van der Waals surface area contributed by atoms with E-state index in [1.54, 1.807) is 28.3 Å². The molecule has 0 N–H and O–H groups in total. The van der Waals surface area contributed by atoms with E-state index in [1.165, 1.54) is 0 Å². The molecule has 0 fully saturated rings. The molecular formula is C14H19N3O2. The van der Waals surface area contributed by atoms with Gasteiger partial charge in [-0.3, -0.25) is 4.79 Å². The van der Waals surface area contributed by atoms with E-state index in [0.29, 0.717) is 12.2 Å². The maximum absolute atomic E-state index is 12.5. The lowest BCUT2D eigenvalue weighted by atomic mass is 10.2. The number of aryl methyl sites for hydroxylation is 1. The molecular weight excluding hydrogens is 242 g/mol. The van der Waals surface area contributed by atoms with Crippen molar-refractivity contribution in [3.63, 3.8) is 0 Å². The summed E-state index contributed by atoms with van der Waals surface area (Å²) in [6.07, 6.45) is 6.89. The first kappa shape index (κ1) is 13.4. The monoisotopic (exact) mass is 261 g/mol. The normalized spacial score (nSPS) is 10.6. The van der Waals surface area contributed by atoms with Crippen LogP contribution in [0, 0.1) is 0 Å². The number of carbonyl (C=O) groups excluding carboxylic acids is 1. The first-order chi connectivity index (χ1) is 9.22. The van der Waals surface area contributed by atoms with Crippen LogP contribution in [-0.4, -0.2) is 26.9 Å². The number of furan rings is 1. The average Bonchev–Trinajstić information content (AvgIpc) is 3.05. The Balaban J connectivity index is 2.12. The summed E-state index contributed by atoms with van der Waals surface area (Å²) >= 11 is 0. The van der Waals surface area contributed by atoms with E-state index in [4.69, 9.17) is 4.42 Å². The van der Waals surface area contributed by atoms with Crippen molar-refractivity contribution in [1.82, 2.24) is 14.5 Å². The molecule has 0 aliphatic rings. The van der Waals surface area contributed by atoms with Crippen LogP contribution in [0.15, 0.2) is 35.3 Å². The fraction of sp³-hybridized carbons (Fsp3) is 0.429. The molecule has 2 rings (SSSR count). The van der Waals surface area contributed by atoms with Crippen molar-refractivity contribution < 1.29 is 9.21 Å². The average molecular weight is 261 g/mol. The van der Waals surface area contributed by atoms with Crippen LogP contribution in [-0.2, 0) is 13.6 Å². The van der Waals surface area contributed by atoms with Gasteiger partial charge in [-0.2, -0.15) is 0 Å². The van der Waals surface area contributed by atoms with Gasteiger partial charge in [-0.25, -0.2) is 4.98 Å². The summed E-state index contributed by atoms with van der Waals surface area (Å²) in [5, 5.41) is 0. The number of rotatable bonds is 6. The summed E-state index contributed by atoms with van der Waals surface area (Å²) in [5.74, 6) is 0.788. The molecule has 19 heavy (non-hydrogen) atoms. The largest absolute Gasteiger partial charge is 0.467 e. The fourth-order valence-corrected chi connectivity index (χ4v) is 1.92. The van der Waals surface area contributed by atoms with E-state index < -0.39 is 0 Å². The van der Waals surface area contributed by atoms with E-state index in [-0.39, 0.29) is 5.91 Å². The molecule has 5 heteroatoms. The van der Waals surface area contributed by atoms with Crippen LogP contribution in [0.25, 0.3) is 0 Å². The number of amides is 1. The van der Waals surface area contributed by atoms with Gasteiger partial charge in [-0.1, -0.05) is 13.3 Å². The summed E-state index contributed by atoms with van der Waals surface area (Å²) in [6.45, 7) is 3.33. The molecule has 0 saturated carbocycles. The summed E-state index contributed by atoms with van der Waals surface area (Å²) in [5.41, 5.74) is 0.600. The van der Waals surface area contributed by atoms with Crippen LogP contribution in [0.5, 0.6) is 0 Å². The standard InChI is InChI=1S/C14H19N3O2/c1-3-4-7-17(10-12-6-5-8-19-12)14(18)13-9-15-11-16(13)2/h5-6,8-9,11H,3-4,7,10H2,1-2H3. The third-order valence-corrected chi connectivity index (χ3v) is 3.03. The number of aromatic nitrogens is 2. The van der Waals surface area contributed by atoms with Crippen LogP contribution in [0.1, 0.15) is 36.0 Å². The summed E-state index contributed by atoms with van der Waals surface area (Å²) in [7, 11) is 1.82. The molecule has 0 aliphatic heterocycles. The minimum atomic E-state index is -0.00940. The summed E-state index contributed by atoms with van der Waals surface area (Å²) in [6, 6.07) is 3.72. The zero-order valence-electron chi connectivity index (χ0n) is 11.4. The number of hydrogen-bond donors (Lipinski definition) is 0. The third-order valence-electron chi connectivity index (χ3n) is 3.03. The predicted octanol–water partition coefficient (Wildman–Crippen LogP) is 2.46. The van der Waals surface area contributed by atoms with Crippen molar-refractivity contribution in [2.24, 2.45) is 7.05 Å². The van der Waals surface area contributed by atoms with Gasteiger partial charge in [0.25, 0.3) is 5.91 Å². The molecule has 2 aromatic rings. The Morgan fingerprint density at radius 1 is 1.53 bits per heavy atom. The Bertz CT molecular complexity index is 517. The Kier molecular flexibility index (Phi) is 4.39. The highest BCUT2D eigenvalue weighted by Gasteiger charge is 2.19. The molecule has 0 spiro atoms. The van der Waals surface area contributed by atoms with E-state index in [0.717, 1.165) is 25.1 Å². The van der Waals surface area contributed by atoms with E-state index >= 15 is 0 Å². The van der Waals surface area contributed by atoms with Gasteiger partial charge in [0.15, 0.2) is 0 Å². The van der Waals surface area contributed by atoms with Crippen LogP contribution in [0.4, 0.5) is 0 Å². The number of hydrogen-bond acceptors (Lipinski definition) is 3. The minimum Gasteiger partial charge on any atom is -0.467 e. The maximum atomic E-state index is 12.5. The van der Waals surface area contributed by atoms with Gasteiger partial charge in [0.2, 0.25) is 0 Å². The number of unbranched alkanes of at least 4 members (excludes halogenated alkanes) is 1. The first-order valence-corrected chi connectivity index (χ1v) is 6.50. The van der Waals surface area contributed by atoms with Gasteiger partial charge in [0, 0.05) is 13.6 Å². The van der Waals surface area contributed by atoms with Gasteiger partial charge < -0.3 is 13.9 Å². The Morgan fingerprint density at radius 3 is 2.95 bits per heavy atom. The van der Waals surface area contributed by atoms with Crippen LogP contribution in [0.2, 0.25) is 0 Å². The fourth-order valence-electron chi connectivity index (χ4n) is 1.92. The van der Waals surface area contributed by atoms with Gasteiger partial charge in [-0.15, -0.1) is 0 Å².